The number of rotatable bonds is 3. The number of anilines is 1. The number of ether oxygens (including phenoxy) is 1. The van der Waals surface area contributed by atoms with Gasteiger partial charge < -0.3 is 15.0 Å². The second-order valence-corrected chi connectivity index (χ2v) is 8.07. The van der Waals surface area contributed by atoms with E-state index >= 15 is 0 Å². The third-order valence-corrected chi connectivity index (χ3v) is 4.51. The van der Waals surface area contributed by atoms with Crippen LogP contribution in [0.5, 0.6) is 0 Å². The normalized spacial score (nSPS) is 16.2. The van der Waals surface area contributed by atoms with E-state index in [1.54, 1.807) is 0 Å². The third kappa shape index (κ3) is 5.15. The molecule has 1 aromatic rings. The lowest BCUT2D eigenvalue weighted by atomic mass is 9.96. The van der Waals surface area contributed by atoms with Crippen molar-refractivity contribution < 1.29 is 9.53 Å². The maximum Gasteiger partial charge on any atom is 0.410 e. The van der Waals surface area contributed by atoms with Gasteiger partial charge in [0.2, 0.25) is 0 Å². The van der Waals surface area contributed by atoms with E-state index in [-0.39, 0.29) is 6.09 Å². The van der Waals surface area contributed by atoms with Gasteiger partial charge in [0, 0.05) is 25.3 Å². The molecule has 0 unspecified atom stereocenters. The Labute approximate surface area is 146 Å². The topological polar surface area (TPSA) is 41.6 Å². The SMILES string of the molecule is Cc1cc(C)c(NCC2CCN(C(=O)OC(C)(C)C)CC2)c(C)c1. The molecule has 0 bridgehead atoms. The van der Waals surface area contributed by atoms with E-state index in [0.717, 1.165) is 32.5 Å². The van der Waals surface area contributed by atoms with Crippen molar-refractivity contribution in [2.45, 2.75) is 60.0 Å². The fourth-order valence-electron chi connectivity index (χ4n) is 3.35. The Hall–Kier alpha value is -1.71. The Morgan fingerprint density at radius 2 is 1.71 bits per heavy atom. The zero-order chi connectivity index (χ0) is 17.9. The molecular formula is C20H32N2O2. The van der Waals surface area contributed by atoms with Crippen LogP contribution in [0, 0.1) is 26.7 Å². The van der Waals surface area contributed by atoms with Crippen molar-refractivity contribution in [3.63, 3.8) is 0 Å². The van der Waals surface area contributed by atoms with E-state index in [1.807, 2.05) is 25.7 Å². The summed E-state index contributed by atoms with van der Waals surface area (Å²) in [7, 11) is 0. The molecule has 134 valence electrons. The summed E-state index contributed by atoms with van der Waals surface area (Å²) in [6, 6.07) is 4.45. The molecule has 0 saturated carbocycles. The monoisotopic (exact) mass is 332 g/mol. The molecule has 2 rings (SSSR count). The van der Waals surface area contributed by atoms with Crippen LogP contribution in [0.4, 0.5) is 10.5 Å². The second kappa shape index (κ2) is 7.45. The number of nitrogens with zero attached hydrogens (tertiary/aromatic N) is 1. The van der Waals surface area contributed by atoms with Crippen molar-refractivity contribution in [2.24, 2.45) is 5.92 Å². The molecule has 1 heterocycles. The zero-order valence-electron chi connectivity index (χ0n) is 16.0. The van der Waals surface area contributed by atoms with Crippen molar-refractivity contribution in [1.82, 2.24) is 4.90 Å². The molecule has 1 saturated heterocycles. The lowest BCUT2D eigenvalue weighted by Gasteiger charge is -2.33. The fourth-order valence-corrected chi connectivity index (χ4v) is 3.35. The minimum absolute atomic E-state index is 0.181. The second-order valence-electron chi connectivity index (χ2n) is 8.07. The van der Waals surface area contributed by atoms with E-state index in [2.05, 4.69) is 38.2 Å². The average Bonchev–Trinajstić information content (AvgIpc) is 2.45. The smallest absolute Gasteiger partial charge is 0.410 e. The molecule has 0 aliphatic carbocycles. The Balaban J connectivity index is 1.83. The number of amides is 1. The van der Waals surface area contributed by atoms with Gasteiger partial charge in [0.1, 0.15) is 5.60 Å². The highest BCUT2D eigenvalue weighted by molar-refractivity contribution is 5.68. The molecule has 1 N–H and O–H groups in total. The first-order valence-corrected chi connectivity index (χ1v) is 8.95. The van der Waals surface area contributed by atoms with Crippen LogP contribution in [0.15, 0.2) is 12.1 Å². The standard InChI is InChI=1S/C20H32N2O2/c1-14-11-15(2)18(16(3)12-14)21-13-17-7-9-22(10-8-17)19(23)24-20(4,5)6/h11-12,17,21H,7-10,13H2,1-6H3. The first kappa shape index (κ1) is 18.6. The molecule has 4 heteroatoms. The van der Waals surface area contributed by atoms with E-state index in [1.165, 1.54) is 22.4 Å². The molecule has 4 nitrogen and oxygen atoms in total. The molecule has 0 spiro atoms. The zero-order valence-corrected chi connectivity index (χ0v) is 16.0. The van der Waals surface area contributed by atoms with Crippen LogP contribution in [0.3, 0.4) is 0 Å². The van der Waals surface area contributed by atoms with Crippen LogP contribution in [0.2, 0.25) is 0 Å². The van der Waals surface area contributed by atoms with Gasteiger partial charge in [0.05, 0.1) is 0 Å². The molecule has 24 heavy (non-hydrogen) atoms. The Kier molecular flexibility index (Phi) is 5.79. The van der Waals surface area contributed by atoms with Gasteiger partial charge in [-0.1, -0.05) is 17.7 Å². The van der Waals surface area contributed by atoms with Gasteiger partial charge in [-0.2, -0.15) is 0 Å². The summed E-state index contributed by atoms with van der Waals surface area (Å²) in [5, 5.41) is 3.63. The van der Waals surface area contributed by atoms with Gasteiger partial charge in [-0.3, -0.25) is 0 Å². The van der Waals surface area contributed by atoms with Crippen molar-refractivity contribution in [3.05, 3.63) is 28.8 Å². The molecule has 1 aromatic carbocycles. The van der Waals surface area contributed by atoms with Crippen molar-refractivity contribution in [1.29, 1.82) is 0 Å². The quantitative estimate of drug-likeness (QED) is 0.874. The number of carbonyl (C=O) groups is 1. The summed E-state index contributed by atoms with van der Waals surface area (Å²) < 4.78 is 5.46. The van der Waals surface area contributed by atoms with Gasteiger partial charge in [0.15, 0.2) is 0 Å². The van der Waals surface area contributed by atoms with Crippen molar-refractivity contribution in [2.75, 3.05) is 25.0 Å². The molecule has 0 aromatic heterocycles. The Morgan fingerprint density at radius 1 is 1.17 bits per heavy atom. The Bertz CT molecular complexity index is 559. The first-order valence-electron chi connectivity index (χ1n) is 8.95. The number of aryl methyl sites for hydroxylation is 3. The van der Waals surface area contributed by atoms with E-state index in [0.29, 0.717) is 5.92 Å². The molecule has 1 aliphatic rings. The van der Waals surface area contributed by atoms with Crippen LogP contribution < -0.4 is 5.32 Å². The first-order chi connectivity index (χ1) is 11.2. The highest BCUT2D eigenvalue weighted by atomic mass is 16.6. The summed E-state index contributed by atoms with van der Waals surface area (Å²) in [6.45, 7) is 14.7. The van der Waals surface area contributed by atoms with Crippen LogP contribution in [0.1, 0.15) is 50.3 Å². The number of benzene rings is 1. The maximum atomic E-state index is 12.1. The highest BCUT2D eigenvalue weighted by Crippen LogP contribution is 2.24. The maximum absolute atomic E-state index is 12.1. The van der Waals surface area contributed by atoms with Crippen LogP contribution in [-0.2, 0) is 4.74 Å². The van der Waals surface area contributed by atoms with Crippen molar-refractivity contribution in [3.8, 4) is 0 Å². The summed E-state index contributed by atoms with van der Waals surface area (Å²) in [4.78, 5) is 13.9. The van der Waals surface area contributed by atoms with Gasteiger partial charge >= 0.3 is 6.09 Å². The summed E-state index contributed by atoms with van der Waals surface area (Å²) >= 11 is 0. The number of nitrogens with one attached hydrogen (secondary N) is 1. The van der Waals surface area contributed by atoms with Gasteiger partial charge in [-0.15, -0.1) is 0 Å². The number of piperidine rings is 1. The van der Waals surface area contributed by atoms with Crippen LogP contribution >= 0.6 is 0 Å². The molecule has 0 radical (unpaired) electrons. The molecule has 1 fully saturated rings. The predicted octanol–water partition coefficient (Wildman–Crippen LogP) is 4.67. The minimum atomic E-state index is -0.421. The molecule has 0 atom stereocenters. The molecule has 1 amide bonds. The number of hydrogen-bond donors (Lipinski definition) is 1. The highest BCUT2D eigenvalue weighted by Gasteiger charge is 2.26. The largest absolute Gasteiger partial charge is 0.444 e. The van der Waals surface area contributed by atoms with Crippen LogP contribution in [-0.4, -0.2) is 36.2 Å². The molecule has 1 aliphatic heterocycles. The van der Waals surface area contributed by atoms with E-state index < -0.39 is 5.60 Å². The predicted molar refractivity (Wildman–Crippen MR) is 99.7 cm³/mol. The van der Waals surface area contributed by atoms with Crippen LogP contribution in [0.25, 0.3) is 0 Å². The fraction of sp³-hybridized carbons (Fsp3) is 0.650. The number of likely N-dealkylation sites (tertiary alicyclic amines) is 1. The van der Waals surface area contributed by atoms with E-state index in [9.17, 15) is 4.79 Å². The summed E-state index contributed by atoms with van der Waals surface area (Å²) in [5.74, 6) is 0.601. The average molecular weight is 332 g/mol. The van der Waals surface area contributed by atoms with Gasteiger partial charge in [0.25, 0.3) is 0 Å². The molecular weight excluding hydrogens is 300 g/mol. The lowest BCUT2D eigenvalue weighted by molar-refractivity contribution is 0.0188. The summed E-state index contributed by atoms with van der Waals surface area (Å²) in [6.07, 6.45) is 1.87. The number of carbonyl (C=O) groups excluding carboxylic acids is 1. The Morgan fingerprint density at radius 3 is 2.21 bits per heavy atom. The number of hydrogen-bond acceptors (Lipinski definition) is 3. The summed E-state index contributed by atoms with van der Waals surface area (Å²) in [5.41, 5.74) is 4.75. The van der Waals surface area contributed by atoms with Gasteiger partial charge in [-0.25, -0.2) is 4.79 Å². The minimum Gasteiger partial charge on any atom is -0.444 e. The lowest BCUT2D eigenvalue weighted by Crippen LogP contribution is -2.42. The third-order valence-electron chi connectivity index (χ3n) is 4.51. The van der Waals surface area contributed by atoms with Crippen molar-refractivity contribution >= 4 is 11.8 Å². The van der Waals surface area contributed by atoms with E-state index in [4.69, 9.17) is 4.74 Å². The van der Waals surface area contributed by atoms with Gasteiger partial charge in [-0.05, 0) is 71.4 Å².